The third-order valence-electron chi connectivity index (χ3n) is 4.92. The van der Waals surface area contributed by atoms with Crippen LogP contribution in [0.2, 0.25) is 0 Å². The molecule has 1 heteroatoms. The molecule has 3 unspecified atom stereocenters. The first kappa shape index (κ1) is 11.9. The summed E-state index contributed by atoms with van der Waals surface area (Å²) in [6.07, 6.45) is 13.1. The van der Waals surface area contributed by atoms with Gasteiger partial charge < -0.3 is 4.79 Å². The Hall–Kier alpha value is -0.590. The zero-order chi connectivity index (χ0) is 11.6. The molecule has 1 saturated carbocycles. The van der Waals surface area contributed by atoms with Crippen LogP contribution in [0.3, 0.4) is 0 Å². The summed E-state index contributed by atoms with van der Waals surface area (Å²) in [7, 11) is 0. The molecule has 0 aromatic carbocycles. The quantitative estimate of drug-likeness (QED) is 0.389. The van der Waals surface area contributed by atoms with Gasteiger partial charge >= 0.3 is 0 Å². The highest BCUT2D eigenvalue weighted by atomic mass is 16.1. The van der Waals surface area contributed by atoms with E-state index < -0.39 is 0 Å². The predicted octanol–water partition coefficient (Wildman–Crippen LogP) is 3.98. The molecule has 0 aliphatic heterocycles. The van der Waals surface area contributed by atoms with Crippen LogP contribution in [0.15, 0.2) is 12.2 Å². The third-order valence-corrected chi connectivity index (χ3v) is 4.92. The van der Waals surface area contributed by atoms with E-state index in [0.717, 1.165) is 36.9 Å². The molecule has 0 aromatic rings. The average Bonchev–Trinajstić information content (AvgIpc) is 2.28. The lowest BCUT2D eigenvalue weighted by Crippen LogP contribution is -2.43. The molecule has 3 aliphatic carbocycles. The monoisotopic (exact) mass is 220 g/mol. The predicted molar refractivity (Wildman–Crippen MR) is 67.2 cm³/mol. The number of hydrogen-bond donors (Lipinski definition) is 0. The molecular formula is C15H24O. The number of fused-ring (bicyclic) bond motifs is 2. The van der Waals surface area contributed by atoms with E-state index in [9.17, 15) is 4.79 Å². The van der Waals surface area contributed by atoms with Gasteiger partial charge in [0.25, 0.3) is 0 Å². The van der Waals surface area contributed by atoms with E-state index in [1.54, 1.807) is 0 Å². The summed E-state index contributed by atoms with van der Waals surface area (Å²) in [6, 6.07) is 0. The van der Waals surface area contributed by atoms with Crippen LogP contribution < -0.4 is 0 Å². The smallest absolute Gasteiger partial charge is 0.119 e. The first-order chi connectivity index (χ1) is 7.66. The molecule has 0 saturated heterocycles. The lowest BCUT2D eigenvalue weighted by Gasteiger charge is -2.51. The van der Waals surface area contributed by atoms with E-state index in [4.69, 9.17) is 0 Å². The van der Waals surface area contributed by atoms with Gasteiger partial charge in [-0.15, -0.1) is 0 Å². The zero-order valence-corrected chi connectivity index (χ0v) is 10.6. The van der Waals surface area contributed by atoms with Gasteiger partial charge in [0.2, 0.25) is 0 Å². The largest absolute Gasteiger partial charge is 0.303 e. The van der Waals surface area contributed by atoms with Crippen LogP contribution in [0.5, 0.6) is 0 Å². The Bertz CT molecular complexity index is 277. The summed E-state index contributed by atoms with van der Waals surface area (Å²) in [5.41, 5.74) is 0.485. The van der Waals surface area contributed by atoms with Crippen molar-refractivity contribution in [1.82, 2.24) is 0 Å². The van der Waals surface area contributed by atoms with Crippen molar-refractivity contribution in [2.75, 3.05) is 0 Å². The van der Waals surface area contributed by atoms with E-state index in [1.807, 2.05) is 0 Å². The maximum atomic E-state index is 10.3. The van der Waals surface area contributed by atoms with Gasteiger partial charge in [0, 0.05) is 6.42 Å². The summed E-state index contributed by atoms with van der Waals surface area (Å²) in [4.78, 5) is 10.3. The number of carbonyl (C=O) groups is 1. The minimum Gasteiger partial charge on any atom is -0.303 e. The Kier molecular flexibility index (Phi) is 3.51. The molecule has 0 radical (unpaired) electrons. The molecule has 3 rings (SSSR count). The van der Waals surface area contributed by atoms with Crippen molar-refractivity contribution in [3.05, 3.63) is 12.2 Å². The Morgan fingerprint density at radius 2 is 2.06 bits per heavy atom. The molecule has 0 N–H and O–H groups in total. The lowest BCUT2D eigenvalue weighted by atomic mass is 9.54. The van der Waals surface area contributed by atoms with Crippen LogP contribution >= 0.6 is 0 Å². The van der Waals surface area contributed by atoms with Crippen molar-refractivity contribution < 1.29 is 4.79 Å². The van der Waals surface area contributed by atoms with Crippen LogP contribution in [-0.2, 0) is 4.79 Å². The first-order valence-corrected chi connectivity index (χ1v) is 6.78. The van der Waals surface area contributed by atoms with Gasteiger partial charge in [-0.3, -0.25) is 0 Å². The molecule has 1 nitrogen and oxygen atoms in total. The van der Waals surface area contributed by atoms with Gasteiger partial charge in [-0.25, -0.2) is 0 Å². The second-order valence-electron chi connectivity index (χ2n) is 6.11. The van der Waals surface area contributed by atoms with Gasteiger partial charge in [-0.1, -0.05) is 32.4 Å². The van der Waals surface area contributed by atoms with Crippen LogP contribution in [0, 0.1) is 23.2 Å². The van der Waals surface area contributed by atoms with Gasteiger partial charge in [0.05, 0.1) is 0 Å². The Labute approximate surface area is 99.3 Å². The Morgan fingerprint density at radius 1 is 1.25 bits per heavy atom. The van der Waals surface area contributed by atoms with E-state index in [-0.39, 0.29) is 0 Å². The van der Waals surface area contributed by atoms with Crippen LogP contribution in [0.4, 0.5) is 0 Å². The highest BCUT2D eigenvalue weighted by Crippen LogP contribution is 2.54. The van der Waals surface area contributed by atoms with Crippen molar-refractivity contribution >= 4 is 6.29 Å². The first-order valence-electron chi connectivity index (χ1n) is 6.78. The molecule has 90 valence electrons. The lowest BCUT2D eigenvalue weighted by molar-refractivity contribution is -0.107. The number of unbranched alkanes of at least 4 members (excludes halogenated alkanes) is 2. The SMILES string of the molecule is CC1(C)C2C=CC(CC2)C1CCCCC=O. The van der Waals surface area contributed by atoms with Crippen LogP contribution in [0.1, 0.15) is 52.4 Å². The van der Waals surface area contributed by atoms with E-state index >= 15 is 0 Å². The van der Waals surface area contributed by atoms with Gasteiger partial charge in [-0.05, 0) is 48.9 Å². The molecule has 0 spiro atoms. The highest BCUT2D eigenvalue weighted by molar-refractivity contribution is 5.48. The fourth-order valence-corrected chi connectivity index (χ4v) is 3.80. The molecule has 3 aliphatic rings. The van der Waals surface area contributed by atoms with E-state index in [0.29, 0.717) is 5.41 Å². The van der Waals surface area contributed by atoms with Crippen LogP contribution in [-0.4, -0.2) is 6.29 Å². The highest BCUT2D eigenvalue weighted by Gasteiger charge is 2.45. The molecule has 1 fully saturated rings. The standard InChI is InChI=1S/C15H24O/c1-15(2)13-9-7-12(8-10-13)14(15)6-4-3-5-11-16/h7,9,11-14H,3-6,8,10H2,1-2H3. The Morgan fingerprint density at radius 3 is 2.62 bits per heavy atom. The van der Waals surface area contributed by atoms with Crippen molar-refractivity contribution in [2.45, 2.75) is 52.4 Å². The third kappa shape index (κ3) is 2.09. The molecule has 16 heavy (non-hydrogen) atoms. The molecular weight excluding hydrogens is 196 g/mol. The summed E-state index contributed by atoms with van der Waals surface area (Å²) in [6.45, 7) is 4.88. The maximum absolute atomic E-state index is 10.3. The average molecular weight is 220 g/mol. The summed E-state index contributed by atoms with van der Waals surface area (Å²) in [5, 5.41) is 0. The molecule has 3 atom stereocenters. The minimum atomic E-state index is 0.485. The Balaban J connectivity index is 1.93. The summed E-state index contributed by atoms with van der Waals surface area (Å²) >= 11 is 0. The van der Waals surface area contributed by atoms with Gasteiger partial charge in [-0.2, -0.15) is 0 Å². The number of aldehydes is 1. The zero-order valence-electron chi connectivity index (χ0n) is 10.6. The van der Waals surface area contributed by atoms with Crippen molar-refractivity contribution in [2.24, 2.45) is 23.2 Å². The fourth-order valence-electron chi connectivity index (χ4n) is 3.80. The number of allylic oxidation sites excluding steroid dienone is 2. The van der Waals surface area contributed by atoms with E-state index in [1.165, 1.54) is 25.7 Å². The maximum Gasteiger partial charge on any atom is 0.119 e. The second-order valence-corrected chi connectivity index (χ2v) is 6.11. The van der Waals surface area contributed by atoms with Crippen molar-refractivity contribution in [1.29, 1.82) is 0 Å². The molecule has 2 bridgehead atoms. The number of hydrogen-bond acceptors (Lipinski definition) is 1. The second kappa shape index (κ2) is 4.73. The summed E-state index contributed by atoms with van der Waals surface area (Å²) in [5.74, 6) is 2.47. The normalized spacial score (nSPS) is 35.2. The van der Waals surface area contributed by atoms with Crippen molar-refractivity contribution in [3.8, 4) is 0 Å². The van der Waals surface area contributed by atoms with Gasteiger partial charge in [0.15, 0.2) is 0 Å². The van der Waals surface area contributed by atoms with E-state index in [2.05, 4.69) is 26.0 Å². The molecule has 0 amide bonds. The fraction of sp³-hybridized carbons (Fsp3) is 0.800. The summed E-state index contributed by atoms with van der Waals surface area (Å²) < 4.78 is 0. The molecule has 0 heterocycles. The number of carbonyl (C=O) groups excluding carboxylic acids is 1. The topological polar surface area (TPSA) is 17.1 Å². The number of rotatable bonds is 5. The van der Waals surface area contributed by atoms with Crippen molar-refractivity contribution in [3.63, 3.8) is 0 Å². The van der Waals surface area contributed by atoms with Crippen LogP contribution in [0.25, 0.3) is 0 Å². The molecule has 0 aromatic heterocycles. The minimum absolute atomic E-state index is 0.485. The van der Waals surface area contributed by atoms with Gasteiger partial charge in [0.1, 0.15) is 6.29 Å².